The van der Waals surface area contributed by atoms with Crippen LogP contribution in [-0.4, -0.2) is 33.8 Å². The van der Waals surface area contributed by atoms with E-state index in [4.69, 9.17) is 14.2 Å². The van der Waals surface area contributed by atoms with Gasteiger partial charge in [0.2, 0.25) is 0 Å². The van der Waals surface area contributed by atoms with Crippen LogP contribution in [0.2, 0.25) is 0 Å². The van der Waals surface area contributed by atoms with Gasteiger partial charge in [-0.25, -0.2) is 8.42 Å². The number of benzene rings is 4. The van der Waals surface area contributed by atoms with E-state index in [0.717, 1.165) is 11.6 Å². The Bertz CT molecular complexity index is 1630. The minimum atomic E-state index is -4.28. The van der Waals surface area contributed by atoms with Gasteiger partial charge >= 0.3 is 0 Å². The number of nitro benzene ring substituents is 1. The Morgan fingerprint density at radius 2 is 1.57 bits per heavy atom. The van der Waals surface area contributed by atoms with Crippen LogP contribution >= 0.6 is 0 Å². The number of nitrogens with one attached hydrogen (secondary N) is 2. The van der Waals surface area contributed by atoms with Crippen LogP contribution < -0.4 is 24.4 Å². The molecule has 0 aliphatic heterocycles. The lowest BCUT2D eigenvalue weighted by molar-refractivity contribution is -0.385. The van der Waals surface area contributed by atoms with Gasteiger partial charge in [0.05, 0.1) is 36.7 Å². The number of para-hydroxylation sites is 2. The Morgan fingerprint density at radius 3 is 2.30 bits per heavy atom. The van der Waals surface area contributed by atoms with E-state index >= 15 is 0 Å². The molecule has 0 spiro atoms. The number of hydrogen-bond donors (Lipinski definition) is 2. The molecule has 206 valence electrons. The van der Waals surface area contributed by atoms with Crippen molar-refractivity contribution in [2.75, 3.05) is 24.4 Å². The third kappa shape index (κ3) is 6.85. The highest BCUT2D eigenvalue weighted by atomic mass is 32.2. The largest absolute Gasteiger partial charge is 0.495 e. The smallest absolute Gasteiger partial charge is 0.270 e. The van der Waals surface area contributed by atoms with E-state index in [2.05, 4.69) is 15.2 Å². The summed E-state index contributed by atoms with van der Waals surface area (Å²) in [6, 6.07) is 24.7. The van der Waals surface area contributed by atoms with Crippen LogP contribution in [0.15, 0.2) is 101 Å². The number of sulfonamides is 1. The molecule has 11 nitrogen and oxygen atoms in total. The summed E-state index contributed by atoms with van der Waals surface area (Å²) >= 11 is 0. The molecule has 0 amide bonds. The second-order valence-electron chi connectivity index (χ2n) is 8.30. The molecule has 0 aliphatic carbocycles. The number of non-ortho nitro benzene ring substituents is 1. The predicted molar refractivity (Wildman–Crippen MR) is 152 cm³/mol. The molecule has 4 aromatic rings. The Hall–Kier alpha value is -5.10. The monoisotopic (exact) mass is 562 g/mol. The normalized spacial score (nSPS) is 11.2. The summed E-state index contributed by atoms with van der Waals surface area (Å²) in [5, 5.41) is 15.5. The van der Waals surface area contributed by atoms with Crippen LogP contribution in [-0.2, 0) is 16.6 Å². The molecule has 0 atom stereocenters. The average Bonchev–Trinajstić information content (AvgIpc) is 2.97. The van der Waals surface area contributed by atoms with Crippen molar-refractivity contribution in [1.82, 2.24) is 0 Å². The molecule has 0 aliphatic rings. The van der Waals surface area contributed by atoms with Crippen LogP contribution in [0.4, 0.5) is 17.1 Å². The topological polar surface area (TPSA) is 141 Å². The average molecular weight is 563 g/mol. The van der Waals surface area contributed by atoms with Gasteiger partial charge in [-0.05, 0) is 47.5 Å². The van der Waals surface area contributed by atoms with E-state index < -0.39 is 20.6 Å². The standard InChI is InChI=1S/C28H26N4O7S/c1-37-25-11-7-6-10-23(25)31-40(35,36)28-17-22(32(33)34)13-14-24(28)30-29-18-21-12-15-26(27(16-21)38-2)39-19-20-8-4-3-5-9-20/h3-18,30-31H,19H2,1-2H3/b29-18+. The highest BCUT2D eigenvalue weighted by molar-refractivity contribution is 7.93. The summed E-state index contributed by atoms with van der Waals surface area (Å²) in [7, 11) is -1.36. The van der Waals surface area contributed by atoms with Gasteiger partial charge < -0.3 is 14.2 Å². The van der Waals surface area contributed by atoms with Crippen LogP contribution in [0.3, 0.4) is 0 Å². The summed E-state index contributed by atoms with van der Waals surface area (Å²) in [6.45, 7) is 0.368. The first kappa shape index (κ1) is 27.9. The lowest BCUT2D eigenvalue weighted by atomic mass is 10.2. The SMILES string of the molecule is COc1ccccc1NS(=O)(=O)c1cc([N+](=O)[O-])ccc1N/N=C/c1ccc(OCc2ccccc2)c(OC)c1. The van der Waals surface area contributed by atoms with Crippen molar-refractivity contribution in [1.29, 1.82) is 0 Å². The summed E-state index contributed by atoms with van der Waals surface area (Å²) < 4.78 is 45.5. The molecule has 0 heterocycles. The number of anilines is 2. The fourth-order valence-electron chi connectivity index (χ4n) is 3.66. The molecule has 0 fully saturated rings. The second-order valence-corrected chi connectivity index (χ2v) is 9.95. The molecule has 0 saturated carbocycles. The van der Waals surface area contributed by atoms with Crippen molar-refractivity contribution >= 4 is 33.3 Å². The van der Waals surface area contributed by atoms with E-state index in [1.807, 2.05) is 30.3 Å². The van der Waals surface area contributed by atoms with E-state index in [1.54, 1.807) is 36.4 Å². The maximum atomic E-state index is 13.3. The number of ether oxygens (including phenoxy) is 3. The molecule has 4 rings (SSSR count). The van der Waals surface area contributed by atoms with E-state index in [0.29, 0.717) is 23.7 Å². The number of hydrazone groups is 1. The van der Waals surface area contributed by atoms with Gasteiger partial charge in [0.25, 0.3) is 15.7 Å². The molecule has 4 aromatic carbocycles. The lowest BCUT2D eigenvalue weighted by Gasteiger charge is -2.14. The number of methoxy groups -OCH3 is 2. The maximum absolute atomic E-state index is 13.3. The van der Waals surface area contributed by atoms with Crippen molar-refractivity contribution in [3.63, 3.8) is 0 Å². The lowest BCUT2D eigenvalue weighted by Crippen LogP contribution is -2.15. The van der Waals surface area contributed by atoms with Crippen molar-refractivity contribution in [2.45, 2.75) is 11.5 Å². The fraction of sp³-hybridized carbons (Fsp3) is 0.107. The maximum Gasteiger partial charge on any atom is 0.270 e. The van der Waals surface area contributed by atoms with Gasteiger partial charge in [-0.15, -0.1) is 0 Å². The van der Waals surface area contributed by atoms with Gasteiger partial charge in [0.15, 0.2) is 11.5 Å². The van der Waals surface area contributed by atoms with Crippen LogP contribution in [0.25, 0.3) is 0 Å². The Kier molecular flexibility index (Phi) is 8.82. The zero-order chi connectivity index (χ0) is 28.5. The number of hydrogen-bond acceptors (Lipinski definition) is 9. The van der Waals surface area contributed by atoms with Crippen LogP contribution in [0, 0.1) is 10.1 Å². The molecule has 0 radical (unpaired) electrons. The molecule has 0 aromatic heterocycles. The Balaban J connectivity index is 1.55. The summed E-state index contributed by atoms with van der Waals surface area (Å²) in [6.07, 6.45) is 1.45. The highest BCUT2D eigenvalue weighted by Gasteiger charge is 2.23. The minimum Gasteiger partial charge on any atom is -0.495 e. The Labute approximate surface area is 231 Å². The summed E-state index contributed by atoms with van der Waals surface area (Å²) in [4.78, 5) is 10.3. The van der Waals surface area contributed by atoms with Crippen LogP contribution in [0.5, 0.6) is 17.2 Å². The van der Waals surface area contributed by atoms with E-state index in [1.165, 1.54) is 38.6 Å². The van der Waals surface area contributed by atoms with Gasteiger partial charge in [0.1, 0.15) is 17.3 Å². The van der Waals surface area contributed by atoms with Crippen LogP contribution in [0.1, 0.15) is 11.1 Å². The molecular formula is C28H26N4O7S. The van der Waals surface area contributed by atoms with E-state index in [-0.39, 0.29) is 22.0 Å². The number of nitrogens with zero attached hydrogens (tertiary/aromatic N) is 2. The minimum absolute atomic E-state index is 0.0269. The third-order valence-electron chi connectivity index (χ3n) is 5.64. The quantitative estimate of drug-likeness (QED) is 0.132. The van der Waals surface area contributed by atoms with Gasteiger partial charge in [-0.2, -0.15) is 5.10 Å². The molecular weight excluding hydrogens is 536 g/mol. The van der Waals surface area contributed by atoms with Crippen molar-refractivity contribution in [2.24, 2.45) is 5.10 Å². The molecule has 0 saturated heterocycles. The first-order chi connectivity index (χ1) is 19.3. The highest BCUT2D eigenvalue weighted by Crippen LogP contribution is 2.32. The zero-order valence-corrected chi connectivity index (χ0v) is 22.4. The second kappa shape index (κ2) is 12.6. The zero-order valence-electron chi connectivity index (χ0n) is 21.6. The van der Waals surface area contributed by atoms with Crippen molar-refractivity contribution < 1.29 is 27.6 Å². The van der Waals surface area contributed by atoms with Gasteiger partial charge in [0, 0.05) is 12.1 Å². The first-order valence-electron chi connectivity index (χ1n) is 11.9. The summed E-state index contributed by atoms with van der Waals surface area (Å²) in [5.74, 6) is 1.32. The third-order valence-corrected chi connectivity index (χ3v) is 7.05. The first-order valence-corrected chi connectivity index (χ1v) is 13.4. The summed E-state index contributed by atoms with van der Waals surface area (Å²) in [5.41, 5.74) is 4.12. The molecule has 0 bridgehead atoms. The molecule has 12 heteroatoms. The molecule has 2 N–H and O–H groups in total. The van der Waals surface area contributed by atoms with Crippen molar-refractivity contribution in [3.05, 3.63) is 112 Å². The number of rotatable bonds is 12. The van der Waals surface area contributed by atoms with E-state index in [9.17, 15) is 18.5 Å². The van der Waals surface area contributed by atoms with Gasteiger partial charge in [-0.3, -0.25) is 20.3 Å². The van der Waals surface area contributed by atoms with Gasteiger partial charge in [-0.1, -0.05) is 42.5 Å². The predicted octanol–water partition coefficient (Wildman–Crippen LogP) is 5.44. The molecule has 0 unspecified atom stereocenters. The fourth-order valence-corrected chi connectivity index (χ4v) is 4.91. The van der Waals surface area contributed by atoms with Crippen molar-refractivity contribution in [3.8, 4) is 17.2 Å². The Morgan fingerprint density at radius 1 is 0.850 bits per heavy atom. The number of nitro groups is 1. The molecule has 40 heavy (non-hydrogen) atoms.